The SMILES string of the molecule is c1ccc(-c2csc(C3CCC(c4ccccc4)CC3)n2)cc1. The number of nitrogens with zero attached hydrogens (tertiary/aromatic N) is 1. The average Bonchev–Trinajstić information content (AvgIpc) is 3.14. The number of benzene rings is 2. The average molecular weight is 319 g/mol. The molecule has 23 heavy (non-hydrogen) atoms. The number of thiazole rings is 1. The number of aromatic nitrogens is 1. The molecule has 1 aliphatic carbocycles. The first-order valence-corrected chi connectivity index (χ1v) is 9.34. The van der Waals surface area contributed by atoms with E-state index < -0.39 is 0 Å². The summed E-state index contributed by atoms with van der Waals surface area (Å²) >= 11 is 1.84. The van der Waals surface area contributed by atoms with E-state index in [4.69, 9.17) is 4.98 Å². The maximum absolute atomic E-state index is 4.92. The van der Waals surface area contributed by atoms with Gasteiger partial charge in [-0.25, -0.2) is 4.98 Å². The number of rotatable bonds is 3. The van der Waals surface area contributed by atoms with Gasteiger partial charge in [-0.15, -0.1) is 11.3 Å². The zero-order chi connectivity index (χ0) is 15.5. The molecular formula is C21H21NS. The van der Waals surface area contributed by atoms with E-state index in [1.165, 1.54) is 41.8 Å². The van der Waals surface area contributed by atoms with Crippen LogP contribution in [-0.4, -0.2) is 4.98 Å². The Morgan fingerprint density at radius 2 is 1.35 bits per heavy atom. The molecule has 0 spiro atoms. The molecule has 0 atom stereocenters. The van der Waals surface area contributed by atoms with Crippen molar-refractivity contribution in [1.29, 1.82) is 0 Å². The zero-order valence-corrected chi connectivity index (χ0v) is 14.0. The fourth-order valence-corrected chi connectivity index (χ4v) is 4.62. The van der Waals surface area contributed by atoms with Crippen molar-refractivity contribution in [3.05, 3.63) is 76.6 Å². The highest BCUT2D eigenvalue weighted by atomic mass is 32.1. The second kappa shape index (κ2) is 6.67. The molecule has 0 N–H and O–H groups in total. The molecule has 1 aliphatic rings. The predicted molar refractivity (Wildman–Crippen MR) is 97.9 cm³/mol. The van der Waals surface area contributed by atoms with E-state index in [1.54, 1.807) is 0 Å². The largest absolute Gasteiger partial charge is 0.241 e. The summed E-state index contributed by atoms with van der Waals surface area (Å²) in [7, 11) is 0. The van der Waals surface area contributed by atoms with Crippen LogP contribution in [-0.2, 0) is 0 Å². The maximum Gasteiger partial charge on any atom is 0.0963 e. The van der Waals surface area contributed by atoms with Gasteiger partial charge in [-0.2, -0.15) is 0 Å². The molecule has 0 bridgehead atoms. The van der Waals surface area contributed by atoms with Crippen molar-refractivity contribution in [2.45, 2.75) is 37.5 Å². The van der Waals surface area contributed by atoms with Gasteiger partial charge in [0.25, 0.3) is 0 Å². The molecule has 116 valence electrons. The third-order valence-electron chi connectivity index (χ3n) is 4.94. The molecular weight excluding hydrogens is 298 g/mol. The van der Waals surface area contributed by atoms with Crippen molar-refractivity contribution in [2.24, 2.45) is 0 Å². The summed E-state index contributed by atoms with van der Waals surface area (Å²) in [5.41, 5.74) is 3.87. The van der Waals surface area contributed by atoms with Gasteiger partial charge in [0, 0.05) is 16.9 Å². The second-order valence-electron chi connectivity index (χ2n) is 6.40. The minimum atomic E-state index is 0.650. The van der Waals surface area contributed by atoms with Gasteiger partial charge in [-0.05, 0) is 37.2 Å². The molecule has 3 aromatic rings. The lowest BCUT2D eigenvalue weighted by atomic mass is 9.79. The van der Waals surface area contributed by atoms with Crippen molar-refractivity contribution < 1.29 is 0 Å². The normalized spacial score (nSPS) is 21.2. The molecule has 1 fully saturated rings. The van der Waals surface area contributed by atoms with Crippen LogP contribution >= 0.6 is 11.3 Å². The van der Waals surface area contributed by atoms with Gasteiger partial charge in [0.2, 0.25) is 0 Å². The minimum absolute atomic E-state index is 0.650. The molecule has 1 saturated carbocycles. The van der Waals surface area contributed by atoms with Crippen LogP contribution in [0.4, 0.5) is 0 Å². The Kier molecular flexibility index (Phi) is 4.25. The van der Waals surface area contributed by atoms with Crippen LogP contribution < -0.4 is 0 Å². The lowest BCUT2D eigenvalue weighted by Crippen LogP contribution is -2.12. The van der Waals surface area contributed by atoms with Gasteiger partial charge in [0.15, 0.2) is 0 Å². The summed E-state index contributed by atoms with van der Waals surface area (Å²) in [6.45, 7) is 0. The fraction of sp³-hybridized carbons (Fsp3) is 0.286. The van der Waals surface area contributed by atoms with E-state index in [2.05, 4.69) is 66.0 Å². The highest BCUT2D eigenvalue weighted by Crippen LogP contribution is 2.41. The Morgan fingerprint density at radius 1 is 0.739 bits per heavy atom. The molecule has 1 nitrogen and oxygen atoms in total. The van der Waals surface area contributed by atoms with Crippen molar-refractivity contribution >= 4 is 11.3 Å². The van der Waals surface area contributed by atoms with Gasteiger partial charge in [-0.3, -0.25) is 0 Å². The first kappa shape index (κ1) is 14.6. The standard InChI is InChI=1S/C21H21NS/c1-3-7-16(8-4-1)17-11-13-19(14-12-17)21-22-20(15-23-21)18-9-5-2-6-10-18/h1-10,15,17,19H,11-14H2. The van der Waals surface area contributed by atoms with Crippen LogP contribution in [0.1, 0.15) is 48.1 Å². The fourth-order valence-electron chi connectivity index (χ4n) is 3.62. The van der Waals surface area contributed by atoms with Gasteiger partial charge in [0.1, 0.15) is 0 Å². The Hall–Kier alpha value is -1.93. The van der Waals surface area contributed by atoms with Crippen LogP contribution in [0.15, 0.2) is 66.0 Å². The smallest absolute Gasteiger partial charge is 0.0963 e. The van der Waals surface area contributed by atoms with E-state index >= 15 is 0 Å². The molecule has 0 amide bonds. The third kappa shape index (κ3) is 3.23. The topological polar surface area (TPSA) is 12.9 Å². The second-order valence-corrected chi connectivity index (χ2v) is 7.29. The van der Waals surface area contributed by atoms with Gasteiger partial charge < -0.3 is 0 Å². The van der Waals surface area contributed by atoms with Crippen molar-refractivity contribution in [1.82, 2.24) is 4.98 Å². The van der Waals surface area contributed by atoms with E-state index in [1.807, 2.05) is 11.3 Å². The molecule has 0 aliphatic heterocycles. The summed E-state index contributed by atoms with van der Waals surface area (Å²) in [5.74, 6) is 1.39. The van der Waals surface area contributed by atoms with Crippen molar-refractivity contribution in [2.75, 3.05) is 0 Å². The Bertz CT molecular complexity index is 740. The van der Waals surface area contributed by atoms with E-state index in [9.17, 15) is 0 Å². The molecule has 0 saturated heterocycles. The Balaban J connectivity index is 1.44. The highest BCUT2D eigenvalue weighted by Gasteiger charge is 2.25. The summed E-state index contributed by atoms with van der Waals surface area (Å²) < 4.78 is 0. The van der Waals surface area contributed by atoms with E-state index in [-0.39, 0.29) is 0 Å². The maximum atomic E-state index is 4.92. The predicted octanol–water partition coefficient (Wildman–Crippen LogP) is 6.25. The lowest BCUT2D eigenvalue weighted by molar-refractivity contribution is 0.395. The van der Waals surface area contributed by atoms with Crippen LogP contribution in [0.25, 0.3) is 11.3 Å². The summed E-state index contributed by atoms with van der Waals surface area (Å²) in [5, 5.41) is 3.55. The first-order chi connectivity index (χ1) is 11.4. The van der Waals surface area contributed by atoms with E-state index in [0.717, 1.165) is 11.6 Å². The zero-order valence-electron chi connectivity index (χ0n) is 13.2. The summed E-state index contributed by atoms with van der Waals surface area (Å²) in [6, 6.07) is 21.5. The van der Waals surface area contributed by atoms with Gasteiger partial charge >= 0.3 is 0 Å². The van der Waals surface area contributed by atoms with Crippen LogP contribution in [0.5, 0.6) is 0 Å². The minimum Gasteiger partial charge on any atom is -0.241 e. The number of hydrogen-bond acceptors (Lipinski definition) is 2. The number of hydrogen-bond donors (Lipinski definition) is 0. The van der Waals surface area contributed by atoms with Crippen LogP contribution in [0.3, 0.4) is 0 Å². The summed E-state index contributed by atoms with van der Waals surface area (Å²) in [6.07, 6.45) is 5.10. The molecule has 0 radical (unpaired) electrons. The Labute approximate surface area is 142 Å². The molecule has 1 heterocycles. The van der Waals surface area contributed by atoms with Gasteiger partial charge in [-0.1, -0.05) is 60.7 Å². The van der Waals surface area contributed by atoms with Crippen molar-refractivity contribution in [3.8, 4) is 11.3 Å². The molecule has 2 heteroatoms. The lowest BCUT2D eigenvalue weighted by Gasteiger charge is -2.27. The van der Waals surface area contributed by atoms with Crippen LogP contribution in [0, 0.1) is 0 Å². The monoisotopic (exact) mass is 319 g/mol. The van der Waals surface area contributed by atoms with E-state index in [0.29, 0.717) is 5.92 Å². The molecule has 4 rings (SSSR count). The summed E-state index contributed by atoms with van der Waals surface area (Å²) in [4.78, 5) is 4.92. The Morgan fingerprint density at radius 3 is 2.04 bits per heavy atom. The third-order valence-corrected chi connectivity index (χ3v) is 5.95. The van der Waals surface area contributed by atoms with Crippen LogP contribution in [0.2, 0.25) is 0 Å². The highest BCUT2D eigenvalue weighted by molar-refractivity contribution is 7.10. The quantitative estimate of drug-likeness (QED) is 0.556. The molecule has 0 unspecified atom stereocenters. The molecule has 1 aromatic heterocycles. The van der Waals surface area contributed by atoms with Gasteiger partial charge in [0.05, 0.1) is 10.7 Å². The van der Waals surface area contributed by atoms with Crippen molar-refractivity contribution in [3.63, 3.8) is 0 Å². The first-order valence-electron chi connectivity index (χ1n) is 8.46. The molecule has 2 aromatic carbocycles.